The van der Waals surface area contributed by atoms with Crippen LogP contribution < -0.4 is 0 Å². The molecular formula is C16H28N2O. The van der Waals surface area contributed by atoms with Gasteiger partial charge >= 0.3 is 0 Å². The number of rotatable bonds is 4. The molecule has 1 aromatic rings. The summed E-state index contributed by atoms with van der Waals surface area (Å²) < 4.78 is 0. The maximum absolute atomic E-state index is 10.5. The Bertz CT molecular complexity index is 431. The molecule has 1 N–H and O–H groups in total. The quantitative estimate of drug-likeness (QED) is 0.906. The SMILES string of the molecule is CN(C)Cc1cc(CN(C)C)c(O)c(C(C)(C)C)c1. The summed E-state index contributed by atoms with van der Waals surface area (Å²) in [6.45, 7) is 8.07. The summed E-state index contributed by atoms with van der Waals surface area (Å²) in [5.41, 5.74) is 3.25. The minimum Gasteiger partial charge on any atom is -0.507 e. The molecule has 3 heteroatoms. The number of hydrogen-bond donors (Lipinski definition) is 1. The van der Waals surface area contributed by atoms with Crippen LogP contribution in [0.3, 0.4) is 0 Å². The standard InChI is InChI=1S/C16H28N2O/c1-16(2,3)14-9-12(10-17(4)5)8-13(15(14)19)11-18(6)7/h8-9,19H,10-11H2,1-7H3. The molecule has 0 bridgehead atoms. The molecule has 0 aromatic heterocycles. The van der Waals surface area contributed by atoms with Gasteiger partial charge in [0.25, 0.3) is 0 Å². The van der Waals surface area contributed by atoms with Crippen molar-refractivity contribution in [1.82, 2.24) is 9.80 Å². The number of phenolic OH excluding ortho intramolecular Hbond substituents is 1. The molecule has 0 spiro atoms. The first-order valence-corrected chi connectivity index (χ1v) is 6.76. The van der Waals surface area contributed by atoms with E-state index in [9.17, 15) is 5.11 Å². The third kappa shape index (κ3) is 4.51. The Morgan fingerprint density at radius 3 is 1.89 bits per heavy atom. The average Bonchev–Trinajstić information content (AvgIpc) is 2.19. The monoisotopic (exact) mass is 264 g/mol. The van der Waals surface area contributed by atoms with E-state index in [1.165, 1.54) is 5.56 Å². The molecule has 0 saturated carbocycles. The van der Waals surface area contributed by atoms with Crippen LogP contribution in [-0.4, -0.2) is 43.1 Å². The lowest BCUT2D eigenvalue weighted by Crippen LogP contribution is -2.18. The van der Waals surface area contributed by atoms with Crippen LogP contribution in [0.25, 0.3) is 0 Å². The van der Waals surface area contributed by atoms with Crippen molar-refractivity contribution in [2.45, 2.75) is 39.3 Å². The fourth-order valence-corrected chi connectivity index (χ4v) is 2.25. The second-order valence-electron chi connectivity index (χ2n) is 6.88. The van der Waals surface area contributed by atoms with Crippen LogP contribution in [0.1, 0.15) is 37.5 Å². The highest BCUT2D eigenvalue weighted by atomic mass is 16.3. The van der Waals surface area contributed by atoms with Crippen molar-refractivity contribution in [2.24, 2.45) is 0 Å². The molecule has 0 atom stereocenters. The summed E-state index contributed by atoms with van der Waals surface area (Å²) >= 11 is 0. The van der Waals surface area contributed by atoms with E-state index >= 15 is 0 Å². The van der Waals surface area contributed by atoms with E-state index in [1.807, 2.05) is 14.1 Å². The summed E-state index contributed by atoms with van der Waals surface area (Å²) in [6.07, 6.45) is 0. The molecule has 19 heavy (non-hydrogen) atoms. The summed E-state index contributed by atoms with van der Waals surface area (Å²) in [6, 6.07) is 4.25. The molecule has 0 unspecified atom stereocenters. The van der Waals surface area contributed by atoms with Gasteiger partial charge in [-0.15, -0.1) is 0 Å². The zero-order valence-electron chi connectivity index (χ0n) is 13.4. The van der Waals surface area contributed by atoms with Gasteiger partial charge in [0.1, 0.15) is 5.75 Å². The fourth-order valence-electron chi connectivity index (χ4n) is 2.25. The zero-order chi connectivity index (χ0) is 14.8. The summed E-state index contributed by atoms with van der Waals surface area (Å²) in [7, 11) is 8.17. The third-order valence-electron chi connectivity index (χ3n) is 3.04. The highest BCUT2D eigenvalue weighted by molar-refractivity contribution is 5.47. The van der Waals surface area contributed by atoms with Crippen LogP contribution >= 0.6 is 0 Å². The Hall–Kier alpha value is -1.06. The van der Waals surface area contributed by atoms with E-state index in [-0.39, 0.29) is 5.41 Å². The second-order valence-corrected chi connectivity index (χ2v) is 6.88. The van der Waals surface area contributed by atoms with Gasteiger partial charge in [0.15, 0.2) is 0 Å². The highest BCUT2D eigenvalue weighted by Crippen LogP contribution is 2.35. The summed E-state index contributed by atoms with van der Waals surface area (Å²) in [4.78, 5) is 4.24. The van der Waals surface area contributed by atoms with Gasteiger partial charge in [0.05, 0.1) is 0 Å². The molecule has 0 fully saturated rings. The topological polar surface area (TPSA) is 26.7 Å². The number of benzene rings is 1. The van der Waals surface area contributed by atoms with E-state index in [4.69, 9.17) is 0 Å². The molecule has 0 aliphatic carbocycles. The van der Waals surface area contributed by atoms with Crippen molar-refractivity contribution in [1.29, 1.82) is 0 Å². The molecule has 0 heterocycles. The van der Waals surface area contributed by atoms with Crippen LogP contribution in [0.15, 0.2) is 12.1 Å². The van der Waals surface area contributed by atoms with Crippen LogP contribution in [0, 0.1) is 0 Å². The Morgan fingerprint density at radius 1 is 0.947 bits per heavy atom. The predicted molar refractivity (Wildman–Crippen MR) is 81.6 cm³/mol. The van der Waals surface area contributed by atoms with Crippen LogP contribution in [-0.2, 0) is 18.5 Å². The molecule has 1 aromatic carbocycles. The molecule has 3 nitrogen and oxygen atoms in total. The average molecular weight is 264 g/mol. The molecule has 0 radical (unpaired) electrons. The van der Waals surface area contributed by atoms with Crippen LogP contribution in [0.2, 0.25) is 0 Å². The maximum Gasteiger partial charge on any atom is 0.123 e. The van der Waals surface area contributed by atoms with Crippen molar-refractivity contribution in [3.63, 3.8) is 0 Å². The lowest BCUT2D eigenvalue weighted by Gasteiger charge is -2.25. The highest BCUT2D eigenvalue weighted by Gasteiger charge is 2.21. The molecule has 0 aliphatic rings. The molecule has 0 amide bonds. The molecule has 0 saturated heterocycles. The van der Waals surface area contributed by atoms with E-state index in [0.29, 0.717) is 5.75 Å². The number of hydrogen-bond acceptors (Lipinski definition) is 3. The van der Waals surface area contributed by atoms with Crippen LogP contribution in [0.5, 0.6) is 5.75 Å². The van der Waals surface area contributed by atoms with Gasteiger partial charge in [-0.25, -0.2) is 0 Å². The van der Waals surface area contributed by atoms with Gasteiger partial charge in [-0.05, 0) is 50.8 Å². The fraction of sp³-hybridized carbons (Fsp3) is 0.625. The second kappa shape index (κ2) is 5.93. The smallest absolute Gasteiger partial charge is 0.123 e. The van der Waals surface area contributed by atoms with Crippen molar-refractivity contribution in [2.75, 3.05) is 28.2 Å². The van der Waals surface area contributed by atoms with Crippen molar-refractivity contribution in [3.05, 3.63) is 28.8 Å². The lowest BCUT2D eigenvalue weighted by atomic mass is 9.84. The molecule has 0 aliphatic heterocycles. The third-order valence-corrected chi connectivity index (χ3v) is 3.04. The first kappa shape index (κ1) is 16.0. The van der Waals surface area contributed by atoms with E-state index in [1.54, 1.807) is 0 Å². The summed E-state index contributed by atoms with van der Waals surface area (Å²) in [5.74, 6) is 0.448. The largest absolute Gasteiger partial charge is 0.507 e. The van der Waals surface area contributed by atoms with Gasteiger partial charge in [-0.3, -0.25) is 0 Å². The predicted octanol–water partition coefficient (Wildman–Crippen LogP) is 2.81. The van der Waals surface area contributed by atoms with Gasteiger partial charge in [0, 0.05) is 18.7 Å². The van der Waals surface area contributed by atoms with Crippen molar-refractivity contribution in [3.8, 4) is 5.75 Å². The van der Waals surface area contributed by atoms with Crippen LogP contribution in [0.4, 0.5) is 0 Å². The first-order valence-electron chi connectivity index (χ1n) is 6.76. The van der Waals surface area contributed by atoms with Gasteiger partial charge in [-0.1, -0.05) is 26.8 Å². The maximum atomic E-state index is 10.5. The molecule has 108 valence electrons. The van der Waals surface area contributed by atoms with Crippen molar-refractivity contribution < 1.29 is 5.11 Å². The normalized spacial score (nSPS) is 12.5. The van der Waals surface area contributed by atoms with Gasteiger partial charge < -0.3 is 14.9 Å². The summed E-state index contributed by atoms with van der Waals surface area (Å²) in [5, 5.41) is 10.5. The Morgan fingerprint density at radius 2 is 1.47 bits per heavy atom. The van der Waals surface area contributed by atoms with E-state index in [2.05, 4.69) is 56.8 Å². The number of aromatic hydroxyl groups is 1. The van der Waals surface area contributed by atoms with E-state index < -0.39 is 0 Å². The Kier molecular flexibility index (Phi) is 4.99. The lowest BCUT2D eigenvalue weighted by molar-refractivity contribution is 0.375. The number of phenols is 1. The minimum absolute atomic E-state index is 0.0481. The van der Waals surface area contributed by atoms with Crippen molar-refractivity contribution >= 4 is 0 Å². The van der Waals surface area contributed by atoms with E-state index in [0.717, 1.165) is 24.2 Å². The molecular weight excluding hydrogens is 236 g/mol. The van der Waals surface area contributed by atoms with Gasteiger partial charge in [0.2, 0.25) is 0 Å². The Balaban J connectivity index is 3.30. The minimum atomic E-state index is -0.0481. The molecule has 1 rings (SSSR count). The first-order chi connectivity index (χ1) is 8.61. The zero-order valence-corrected chi connectivity index (χ0v) is 13.4. The Labute approximate surface area is 117 Å². The van der Waals surface area contributed by atoms with Gasteiger partial charge in [-0.2, -0.15) is 0 Å². The number of nitrogens with zero attached hydrogens (tertiary/aromatic N) is 2.